The normalized spacial score (nSPS) is 12.3. The first-order chi connectivity index (χ1) is 11.0. The minimum absolute atomic E-state index is 0.0263. The van der Waals surface area contributed by atoms with E-state index in [1.54, 1.807) is 0 Å². The number of carbonyl (C=O) groups is 1. The average molecular weight is 332 g/mol. The van der Waals surface area contributed by atoms with Crippen LogP contribution in [0.1, 0.15) is 29.3 Å². The van der Waals surface area contributed by atoms with Crippen molar-refractivity contribution in [2.75, 3.05) is 26.4 Å². The van der Waals surface area contributed by atoms with Gasteiger partial charge in [-0.3, -0.25) is 9.69 Å². The molecule has 124 valence electrons. The van der Waals surface area contributed by atoms with E-state index >= 15 is 0 Å². The van der Waals surface area contributed by atoms with E-state index in [4.69, 9.17) is 5.73 Å². The summed E-state index contributed by atoms with van der Waals surface area (Å²) in [4.78, 5) is 18.7. The molecule has 0 radical (unpaired) electrons. The van der Waals surface area contributed by atoms with Crippen LogP contribution in [0.3, 0.4) is 0 Å². The quantitative estimate of drug-likeness (QED) is 0.764. The van der Waals surface area contributed by atoms with E-state index in [0.29, 0.717) is 11.7 Å². The highest BCUT2D eigenvalue weighted by Crippen LogP contribution is 2.19. The number of benzene rings is 1. The van der Waals surface area contributed by atoms with Crippen molar-refractivity contribution in [3.8, 4) is 0 Å². The maximum absolute atomic E-state index is 12.5. The number of aromatic nitrogens is 1. The monoisotopic (exact) mass is 332 g/mol. The van der Waals surface area contributed by atoms with Gasteiger partial charge in [0, 0.05) is 11.9 Å². The summed E-state index contributed by atoms with van der Waals surface area (Å²) < 4.78 is 0. The maximum atomic E-state index is 12.5. The molecule has 0 bridgehead atoms. The van der Waals surface area contributed by atoms with Crippen LogP contribution in [0.5, 0.6) is 0 Å². The van der Waals surface area contributed by atoms with Crippen molar-refractivity contribution >= 4 is 22.4 Å². The van der Waals surface area contributed by atoms with Crippen LogP contribution in [0.4, 0.5) is 5.13 Å². The molecule has 1 atom stereocenters. The number of carbonyl (C=O) groups excluding carboxylic acids is 1. The van der Waals surface area contributed by atoms with Crippen LogP contribution >= 0.6 is 11.3 Å². The molecule has 0 spiro atoms. The van der Waals surface area contributed by atoms with Crippen molar-refractivity contribution in [2.24, 2.45) is 0 Å². The molecule has 1 amide bonds. The van der Waals surface area contributed by atoms with Crippen LogP contribution in [0.15, 0.2) is 29.6 Å². The Balaban J connectivity index is 1.88. The Morgan fingerprint density at radius 1 is 1.43 bits per heavy atom. The first-order valence-electron chi connectivity index (χ1n) is 7.68. The van der Waals surface area contributed by atoms with E-state index in [0.717, 1.165) is 29.7 Å². The van der Waals surface area contributed by atoms with Gasteiger partial charge in [-0.15, -0.1) is 11.3 Å². The molecule has 0 aliphatic rings. The highest BCUT2D eigenvalue weighted by molar-refractivity contribution is 7.13. The Kier molecular flexibility index (Phi) is 6.12. The number of nitrogens with two attached hydrogens (primary N) is 1. The molecular formula is C17H24N4OS. The van der Waals surface area contributed by atoms with Gasteiger partial charge in [-0.2, -0.15) is 0 Å². The van der Waals surface area contributed by atoms with Gasteiger partial charge in [0.25, 0.3) is 0 Å². The highest BCUT2D eigenvalue weighted by Gasteiger charge is 2.22. The van der Waals surface area contributed by atoms with Crippen LogP contribution in [0, 0.1) is 6.92 Å². The van der Waals surface area contributed by atoms with Gasteiger partial charge in [0.2, 0.25) is 5.91 Å². The largest absolute Gasteiger partial charge is 0.375 e. The minimum atomic E-state index is -0.273. The summed E-state index contributed by atoms with van der Waals surface area (Å²) in [7, 11) is 3.84. The van der Waals surface area contributed by atoms with E-state index in [-0.39, 0.29) is 11.9 Å². The summed E-state index contributed by atoms with van der Waals surface area (Å²) in [5.41, 5.74) is 8.77. The van der Waals surface area contributed by atoms with E-state index in [9.17, 15) is 4.79 Å². The zero-order chi connectivity index (χ0) is 16.8. The van der Waals surface area contributed by atoms with Crippen molar-refractivity contribution in [3.63, 3.8) is 0 Å². The molecule has 0 aliphatic heterocycles. The fourth-order valence-electron chi connectivity index (χ4n) is 2.54. The molecule has 1 heterocycles. The first-order valence-corrected chi connectivity index (χ1v) is 8.56. The molecule has 6 heteroatoms. The lowest BCUT2D eigenvalue weighted by atomic mass is 10.0. The topological polar surface area (TPSA) is 71.2 Å². The lowest BCUT2D eigenvalue weighted by molar-refractivity contribution is -0.125. The van der Waals surface area contributed by atoms with Gasteiger partial charge in [-0.25, -0.2) is 4.98 Å². The first kappa shape index (κ1) is 17.4. The molecule has 0 saturated heterocycles. The summed E-state index contributed by atoms with van der Waals surface area (Å²) >= 11 is 1.45. The van der Waals surface area contributed by atoms with Crippen LogP contribution in [0.25, 0.3) is 0 Å². The van der Waals surface area contributed by atoms with Crippen molar-refractivity contribution in [1.82, 2.24) is 15.2 Å². The zero-order valence-corrected chi connectivity index (χ0v) is 14.7. The van der Waals surface area contributed by atoms with E-state index in [2.05, 4.69) is 16.4 Å². The number of thiazole rings is 1. The van der Waals surface area contributed by atoms with Gasteiger partial charge in [-0.05, 0) is 39.4 Å². The van der Waals surface area contributed by atoms with Crippen molar-refractivity contribution in [1.29, 1.82) is 0 Å². The van der Waals surface area contributed by atoms with Gasteiger partial charge < -0.3 is 11.1 Å². The molecule has 0 fully saturated rings. The van der Waals surface area contributed by atoms with E-state index in [1.165, 1.54) is 11.3 Å². The fraction of sp³-hybridized carbons (Fsp3) is 0.412. The third kappa shape index (κ3) is 5.04. The predicted molar refractivity (Wildman–Crippen MR) is 95.5 cm³/mol. The minimum Gasteiger partial charge on any atom is -0.375 e. The number of aryl methyl sites for hydroxylation is 2. The molecular weight excluding hydrogens is 308 g/mol. The maximum Gasteiger partial charge on any atom is 0.241 e. The third-order valence-electron chi connectivity index (χ3n) is 3.60. The summed E-state index contributed by atoms with van der Waals surface area (Å²) in [5, 5.41) is 5.58. The standard InChI is InChI=1S/C17H24N4OS/c1-12-6-4-7-13(10-12)15(21(2)3)16(22)19-9-5-8-14-11-23-17(18)20-14/h4,6-7,10-11,15H,5,8-9H2,1-3H3,(H2,18,20)(H,19,22)/t15-/m1/s1. The Bertz CT molecular complexity index is 654. The lowest BCUT2D eigenvalue weighted by Gasteiger charge is -2.24. The smallest absolute Gasteiger partial charge is 0.241 e. The molecule has 23 heavy (non-hydrogen) atoms. The highest BCUT2D eigenvalue weighted by atomic mass is 32.1. The summed E-state index contributed by atoms with van der Waals surface area (Å²) in [6.07, 6.45) is 1.67. The van der Waals surface area contributed by atoms with Gasteiger partial charge in [0.1, 0.15) is 6.04 Å². The molecule has 2 rings (SSSR count). The second-order valence-corrected chi connectivity index (χ2v) is 6.74. The van der Waals surface area contributed by atoms with Crippen molar-refractivity contribution in [2.45, 2.75) is 25.8 Å². The Morgan fingerprint density at radius 3 is 2.83 bits per heavy atom. The number of rotatable bonds is 7. The van der Waals surface area contributed by atoms with Gasteiger partial charge in [0.15, 0.2) is 5.13 Å². The van der Waals surface area contributed by atoms with Crippen molar-refractivity contribution < 1.29 is 4.79 Å². The van der Waals surface area contributed by atoms with Gasteiger partial charge >= 0.3 is 0 Å². The summed E-state index contributed by atoms with van der Waals surface area (Å²) in [6, 6.07) is 7.80. The third-order valence-corrected chi connectivity index (χ3v) is 4.32. The Labute approximate surface area is 141 Å². The molecule has 5 nitrogen and oxygen atoms in total. The molecule has 1 aromatic carbocycles. The molecule has 1 aromatic heterocycles. The molecule has 2 aromatic rings. The molecule has 0 aliphatic carbocycles. The van der Waals surface area contributed by atoms with Crippen LogP contribution in [0.2, 0.25) is 0 Å². The van der Waals surface area contributed by atoms with Crippen LogP contribution in [-0.4, -0.2) is 36.4 Å². The fourth-order valence-corrected chi connectivity index (χ4v) is 3.14. The number of nitrogen functional groups attached to an aromatic ring is 1. The predicted octanol–water partition coefficient (Wildman–Crippen LogP) is 2.39. The lowest BCUT2D eigenvalue weighted by Crippen LogP contribution is -2.37. The van der Waals surface area contributed by atoms with Crippen LogP contribution in [-0.2, 0) is 11.2 Å². The van der Waals surface area contributed by atoms with Gasteiger partial charge in [-0.1, -0.05) is 29.8 Å². The number of anilines is 1. The SMILES string of the molecule is Cc1cccc([C@H](C(=O)NCCCc2csc(N)n2)N(C)C)c1. The number of likely N-dealkylation sites (N-methyl/N-ethyl adjacent to an activating group) is 1. The summed E-state index contributed by atoms with van der Waals surface area (Å²) in [5.74, 6) is 0.0263. The van der Waals surface area contributed by atoms with Crippen LogP contribution < -0.4 is 11.1 Å². The van der Waals surface area contributed by atoms with E-state index in [1.807, 2.05) is 49.5 Å². The average Bonchev–Trinajstić information content (AvgIpc) is 2.89. The molecule has 0 unspecified atom stereocenters. The number of hydrogen-bond donors (Lipinski definition) is 2. The number of nitrogens with zero attached hydrogens (tertiary/aromatic N) is 2. The summed E-state index contributed by atoms with van der Waals surface area (Å²) in [6.45, 7) is 2.67. The number of hydrogen-bond acceptors (Lipinski definition) is 5. The number of nitrogens with one attached hydrogen (secondary N) is 1. The van der Waals surface area contributed by atoms with Crippen molar-refractivity contribution in [3.05, 3.63) is 46.5 Å². The van der Waals surface area contributed by atoms with Gasteiger partial charge in [0.05, 0.1) is 5.69 Å². The molecule has 3 N–H and O–H groups in total. The zero-order valence-electron chi connectivity index (χ0n) is 13.9. The number of amides is 1. The Morgan fingerprint density at radius 2 is 2.22 bits per heavy atom. The van der Waals surface area contributed by atoms with E-state index < -0.39 is 0 Å². The molecule has 0 saturated carbocycles. The second kappa shape index (κ2) is 8.08. The Hall–Kier alpha value is -1.92. The second-order valence-electron chi connectivity index (χ2n) is 5.85.